The summed E-state index contributed by atoms with van der Waals surface area (Å²) in [5.41, 5.74) is 0.349. The molecule has 2 heteroatoms. The first-order valence-electron chi connectivity index (χ1n) is 5.35. The molecule has 0 fully saturated rings. The third-order valence-electron chi connectivity index (χ3n) is 3.14. The van der Waals surface area contributed by atoms with Crippen molar-refractivity contribution in [2.45, 2.75) is 32.3 Å². The Bertz CT molecular complexity index is 369. The number of hydrogen-bond acceptors (Lipinski definition) is 2. The maximum Gasteiger partial charge on any atom is 0.108 e. The molecule has 0 radical (unpaired) electrons. The molecule has 0 aromatic carbocycles. The Kier molecular flexibility index (Phi) is 2.39. The molecule has 1 aromatic heterocycles. The lowest BCUT2D eigenvalue weighted by atomic mass is 9.74. The molecule has 1 aliphatic rings. The second kappa shape index (κ2) is 3.46. The Labute approximate surface area is 90.7 Å². The van der Waals surface area contributed by atoms with E-state index in [4.69, 9.17) is 0 Å². The van der Waals surface area contributed by atoms with Gasteiger partial charge in [0.2, 0.25) is 0 Å². The van der Waals surface area contributed by atoms with Gasteiger partial charge in [-0.1, -0.05) is 26.0 Å². The van der Waals surface area contributed by atoms with Crippen molar-refractivity contribution in [3.63, 3.8) is 0 Å². The Balaban J connectivity index is 2.31. The first-order valence-corrected chi connectivity index (χ1v) is 5.35. The number of rotatable bonds is 1. The van der Waals surface area contributed by atoms with Crippen LogP contribution in [0.5, 0.6) is 0 Å². The van der Waals surface area contributed by atoms with Gasteiger partial charge >= 0.3 is 0 Å². The van der Waals surface area contributed by atoms with Gasteiger partial charge in [0.1, 0.15) is 5.60 Å². The van der Waals surface area contributed by atoms with Crippen LogP contribution in [0.15, 0.2) is 36.7 Å². The first kappa shape index (κ1) is 10.4. The third-order valence-corrected chi connectivity index (χ3v) is 3.14. The summed E-state index contributed by atoms with van der Waals surface area (Å²) in [5.74, 6) is 0. The third kappa shape index (κ3) is 2.10. The molecular formula is C13H17NO. The molecule has 1 unspecified atom stereocenters. The van der Waals surface area contributed by atoms with Crippen molar-refractivity contribution in [3.8, 4) is 0 Å². The zero-order chi connectivity index (χ0) is 10.9. The molecule has 1 aliphatic carbocycles. The van der Waals surface area contributed by atoms with E-state index in [0.29, 0.717) is 0 Å². The number of aliphatic hydroxyl groups is 1. The molecule has 0 saturated carbocycles. The highest BCUT2D eigenvalue weighted by atomic mass is 16.3. The van der Waals surface area contributed by atoms with Crippen LogP contribution in [0.4, 0.5) is 0 Å². The fraction of sp³-hybridized carbons (Fsp3) is 0.462. The van der Waals surface area contributed by atoms with E-state index in [-0.39, 0.29) is 5.41 Å². The molecule has 0 bridgehead atoms. The van der Waals surface area contributed by atoms with Gasteiger partial charge in [0.25, 0.3) is 0 Å². The van der Waals surface area contributed by atoms with Crippen LogP contribution in [0.3, 0.4) is 0 Å². The van der Waals surface area contributed by atoms with Crippen molar-refractivity contribution in [2.75, 3.05) is 0 Å². The van der Waals surface area contributed by atoms with E-state index in [1.165, 1.54) is 0 Å². The summed E-state index contributed by atoms with van der Waals surface area (Å²) in [6.07, 6.45) is 9.26. The summed E-state index contributed by atoms with van der Waals surface area (Å²) >= 11 is 0. The van der Waals surface area contributed by atoms with Crippen LogP contribution in [0.25, 0.3) is 0 Å². The van der Waals surface area contributed by atoms with Crippen LogP contribution in [0.1, 0.15) is 32.3 Å². The highest BCUT2D eigenvalue weighted by Gasteiger charge is 2.33. The van der Waals surface area contributed by atoms with E-state index in [1.54, 1.807) is 12.4 Å². The monoisotopic (exact) mass is 203 g/mol. The molecule has 1 heterocycles. The van der Waals surface area contributed by atoms with Gasteiger partial charge in [-0.25, -0.2) is 0 Å². The summed E-state index contributed by atoms with van der Waals surface area (Å²) in [5, 5.41) is 10.5. The van der Waals surface area contributed by atoms with Gasteiger partial charge in [0.15, 0.2) is 0 Å². The average molecular weight is 203 g/mol. The average Bonchev–Trinajstić information content (AvgIpc) is 2.24. The lowest BCUT2D eigenvalue weighted by Crippen LogP contribution is -2.29. The molecule has 2 nitrogen and oxygen atoms in total. The van der Waals surface area contributed by atoms with E-state index in [9.17, 15) is 5.11 Å². The number of aromatic nitrogens is 1. The molecule has 1 aromatic rings. The normalized spacial score (nSPS) is 29.0. The summed E-state index contributed by atoms with van der Waals surface area (Å²) < 4.78 is 0. The maximum absolute atomic E-state index is 10.5. The second-order valence-electron chi connectivity index (χ2n) is 4.98. The number of pyridine rings is 1. The molecule has 0 amide bonds. The fourth-order valence-electron chi connectivity index (χ4n) is 1.92. The van der Waals surface area contributed by atoms with Crippen molar-refractivity contribution < 1.29 is 5.11 Å². The molecule has 0 spiro atoms. The SMILES string of the molecule is CC1(C)C=CC(O)(c2ccncc2)CC1. The highest BCUT2D eigenvalue weighted by Crippen LogP contribution is 2.39. The van der Waals surface area contributed by atoms with Crippen LogP contribution in [-0.4, -0.2) is 10.1 Å². The predicted octanol–water partition coefficient (Wildman–Crippen LogP) is 2.65. The number of allylic oxidation sites excluding steroid dienone is 1. The molecular weight excluding hydrogens is 186 g/mol. The lowest BCUT2D eigenvalue weighted by Gasteiger charge is -2.35. The Morgan fingerprint density at radius 1 is 1.13 bits per heavy atom. The molecule has 2 rings (SSSR count). The molecule has 15 heavy (non-hydrogen) atoms. The van der Waals surface area contributed by atoms with Crippen LogP contribution in [-0.2, 0) is 5.60 Å². The molecule has 1 atom stereocenters. The van der Waals surface area contributed by atoms with Crippen molar-refractivity contribution in [3.05, 3.63) is 42.2 Å². The number of nitrogens with zero attached hydrogens (tertiary/aromatic N) is 1. The van der Waals surface area contributed by atoms with Gasteiger partial charge in [-0.05, 0) is 36.0 Å². The molecule has 0 saturated heterocycles. The van der Waals surface area contributed by atoms with Crippen LogP contribution in [0.2, 0.25) is 0 Å². The zero-order valence-corrected chi connectivity index (χ0v) is 9.27. The van der Waals surface area contributed by atoms with Gasteiger partial charge < -0.3 is 5.11 Å². The lowest BCUT2D eigenvalue weighted by molar-refractivity contribution is 0.0580. The quantitative estimate of drug-likeness (QED) is 0.712. The largest absolute Gasteiger partial charge is 0.381 e. The van der Waals surface area contributed by atoms with E-state index in [2.05, 4.69) is 24.9 Å². The molecule has 80 valence electrons. The van der Waals surface area contributed by atoms with Gasteiger partial charge in [-0.3, -0.25) is 4.98 Å². The summed E-state index contributed by atoms with van der Waals surface area (Å²) in [6, 6.07) is 3.76. The van der Waals surface area contributed by atoms with E-state index < -0.39 is 5.60 Å². The van der Waals surface area contributed by atoms with Gasteiger partial charge in [-0.2, -0.15) is 0 Å². The smallest absolute Gasteiger partial charge is 0.108 e. The summed E-state index contributed by atoms with van der Waals surface area (Å²) in [4.78, 5) is 3.96. The van der Waals surface area contributed by atoms with Crippen molar-refractivity contribution >= 4 is 0 Å². The topological polar surface area (TPSA) is 33.1 Å². The Morgan fingerprint density at radius 3 is 2.33 bits per heavy atom. The maximum atomic E-state index is 10.5. The number of hydrogen-bond donors (Lipinski definition) is 1. The van der Waals surface area contributed by atoms with Gasteiger partial charge in [-0.15, -0.1) is 0 Å². The molecule has 1 N–H and O–H groups in total. The van der Waals surface area contributed by atoms with Gasteiger partial charge in [0, 0.05) is 12.4 Å². The van der Waals surface area contributed by atoms with Crippen molar-refractivity contribution in [1.82, 2.24) is 4.98 Å². The standard InChI is InChI=1S/C13H17NO/c1-12(2)5-7-13(15,8-6-12)11-3-9-14-10-4-11/h3-5,7,9-10,15H,6,8H2,1-2H3. The fourth-order valence-corrected chi connectivity index (χ4v) is 1.92. The van der Waals surface area contributed by atoms with Crippen molar-refractivity contribution in [2.24, 2.45) is 5.41 Å². The predicted molar refractivity (Wildman–Crippen MR) is 60.3 cm³/mol. The van der Waals surface area contributed by atoms with Gasteiger partial charge in [0.05, 0.1) is 0 Å². The van der Waals surface area contributed by atoms with E-state index in [0.717, 1.165) is 18.4 Å². The molecule has 0 aliphatic heterocycles. The minimum atomic E-state index is -0.793. The van der Waals surface area contributed by atoms with Crippen LogP contribution < -0.4 is 0 Å². The zero-order valence-electron chi connectivity index (χ0n) is 9.27. The first-order chi connectivity index (χ1) is 7.02. The summed E-state index contributed by atoms with van der Waals surface area (Å²) in [6.45, 7) is 4.38. The minimum absolute atomic E-state index is 0.208. The minimum Gasteiger partial charge on any atom is -0.381 e. The van der Waals surface area contributed by atoms with Crippen molar-refractivity contribution in [1.29, 1.82) is 0 Å². The van der Waals surface area contributed by atoms with Crippen LogP contribution in [0, 0.1) is 5.41 Å². The van der Waals surface area contributed by atoms with E-state index in [1.807, 2.05) is 18.2 Å². The Hall–Kier alpha value is -1.15. The summed E-state index contributed by atoms with van der Waals surface area (Å²) in [7, 11) is 0. The Morgan fingerprint density at radius 2 is 1.80 bits per heavy atom. The van der Waals surface area contributed by atoms with E-state index >= 15 is 0 Å². The highest BCUT2D eigenvalue weighted by molar-refractivity contribution is 5.27. The second-order valence-corrected chi connectivity index (χ2v) is 4.98. The van der Waals surface area contributed by atoms with Crippen LogP contribution >= 0.6 is 0 Å².